The van der Waals surface area contributed by atoms with Gasteiger partial charge in [-0.15, -0.1) is 0 Å². The van der Waals surface area contributed by atoms with Crippen molar-refractivity contribution in [1.82, 2.24) is 4.98 Å². The summed E-state index contributed by atoms with van der Waals surface area (Å²) >= 11 is 0. The molecule has 170 valence electrons. The minimum atomic E-state index is -0.486. The number of fused-ring (bicyclic) bond motifs is 1. The molecule has 4 rings (SSSR count). The number of hydrogen-bond donors (Lipinski definition) is 2. The summed E-state index contributed by atoms with van der Waals surface area (Å²) < 4.78 is 0. The molecule has 33 heavy (non-hydrogen) atoms. The fraction of sp³-hybridized carbons (Fsp3) is 0.222. The lowest BCUT2D eigenvalue weighted by Gasteiger charge is -2.17. The molecule has 1 aromatic heterocycles. The second-order valence-corrected chi connectivity index (χ2v) is 7.42. The van der Waals surface area contributed by atoms with Crippen LogP contribution in [0.5, 0.6) is 0 Å². The van der Waals surface area contributed by atoms with Gasteiger partial charge >= 0.3 is 0 Å². The monoisotopic (exact) mass is 443 g/mol. The van der Waals surface area contributed by atoms with Gasteiger partial charge in [0.2, 0.25) is 12.5 Å². The molecular formula is C27H29N3O3. The van der Waals surface area contributed by atoms with Crippen molar-refractivity contribution in [3.05, 3.63) is 100 Å². The maximum atomic E-state index is 11.9. The Bertz CT molecular complexity index is 1230. The minimum Gasteiger partial charge on any atom is -0.354 e. The van der Waals surface area contributed by atoms with Crippen molar-refractivity contribution >= 4 is 22.5 Å². The molecule has 6 heteroatoms. The molecule has 1 heterocycles. The first kappa shape index (κ1) is 23.7. The molecule has 0 bridgehead atoms. The molecule has 0 aliphatic heterocycles. The molecule has 0 aliphatic carbocycles. The predicted octanol–water partition coefficient (Wildman–Crippen LogP) is 6.62. The molecule has 0 saturated heterocycles. The van der Waals surface area contributed by atoms with Crippen molar-refractivity contribution in [2.75, 3.05) is 11.9 Å². The molecule has 1 amide bonds. The average molecular weight is 444 g/mol. The number of carbonyl (C=O) groups excluding carboxylic acids is 1. The highest BCUT2D eigenvalue weighted by Gasteiger charge is 2.27. The van der Waals surface area contributed by atoms with Crippen molar-refractivity contribution < 1.29 is 9.72 Å². The molecule has 0 aliphatic rings. The fourth-order valence-corrected chi connectivity index (χ4v) is 3.95. The normalized spacial score (nSPS) is 11.4. The van der Waals surface area contributed by atoms with E-state index >= 15 is 0 Å². The molecule has 0 spiro atoms. The number of nitro groups is 1. The Balaban J connectivity index is 0.00000149. The first-order valence-electron chi connectivity index (χ1n) is 11.2. The Kier molecular flexibility index (Phi) is 7.97. The highest BCUT2D eigenvalue weighted by Crippen LogP contribution is 2.39. The van der Waals surface area contributed by atoms with E-state index in [9.17, 15) is 14.9 Å². The maximum Gasteiger partial charge on any atom is 0.224 e. The van der Waals surface area contributed by atoms with Crippen LogP contribution in [0.25, 0.3) is 22.2 Å². The van der Waals surface area contributed by atoms with E-state index < -0.39 is 5.92 Å². The van der Waals surface area contributed by atoms with Gasteiger partial charge in [0.25, 0.3) is 0 Å². The van der Waals surface area contributed by atoms with Gasteiger partial charge in [0, 0.05) is 27.9 Å². The van der Waals surface area contributed by atoms with Gasteiger partial charge in [0.1, 0.15) is 0 Å². The number of para-hydroxylation sites is 1. The number of benzene rings is 3. The number of nitrogens with zero attached hydrogens (tertiary/aromatic N) is 1. The molecule has 2 N–H and O–H groups in total. The van der Waals surface area contributed by atoms with Gasteiger partial charge in [0.05, 0.1) is 11.6 Å². The zero-order valence-electron chi connectivity index (χ0n) is 19.2. The topological polar surface area (TPSA) is 88.0 Å². The van der Waals surface area contributed by atoms with Crippen LogP contribution in [0.4, 0.5) is 5.69 Å². The minimum absolute atomic E-state index is 0.0972. The van der Waals surface area contributed by atoms with Crippen LogP contribution < -0.4 is 5.32 Å². The van der Waals surface area contributed by atoms with E-state index in [0.29, 0.717) is 12.1 Å². The van der Waals surface area contributed by atoms with Gasteiger partial charge in [-0.25, -0.2) is 0 Å². The van der Waals surface area contributed by atoms with Crippen LogP contribution in [0.15, 0.2) is 78.9 Å². The Labute approximate surface area is 193 Å². The standard InChI is InChI=1S/C25H23N3O3.C2H6/c1-2-23(29)26-19-12-8-11-18(15-19)21(16-28(30)31)24-20-13-6-7-14-22(20)27-25(24)17-9-4-3-5-10-17;1-2/h3-15,21,27H,2,16H2,1H3,(H,26,29);1-2H3. The van der Waals surface area contributed by atoms with Gasteiger partial charge < -0.3 is 10.3 Å². The lowest BCUT2D eigenvalue weighted by atomic mass is 9.87. The van der Waals surface area contributed by atoms with Crippen molar-refractivity contribution in [2.45, 2.75) is 33.1 Å². The lowest BCUT2D eigenvalue weighted by molar-refractivity contribution is -0.481. The van der Waals surface area contributed by atoms with Crippen LogP contribution >= 0.6 is 0 Å². The lowest BCUT2D eigenvalue weighted by Crippen LogP contribution is -2.15. The van der Waals surface area contributed by atoms with E-state index in [2.05, 4.69) is 10.3 Å². The first-order valence-corrected chi connectivity index (χ1v) is 11.2. The molecule has 6 nitrogen and oxygen atoms in total. The van der Waals surface area contributed by atoms with Crippen molar-refractivity contribution in [2.24, 2.45) is 0 Å². The number of aromatic amines is 1. The predicted molar refractivity (Wildman–Crippen MR) is 134 cm³/mol. The van der Waals surface area contributed by atoms with Gasteiger partial charge in [0.15, 0.2) is 0 Å². The summed E-state index contributed by atoms with van der Waals surface area (Å²) in [6.07, 6.45) is 0.364. The number of nitrogens with one attached hydrogen (secondary N) is 2. The van der Waals surface area contributed by atoms with Crippen LogP contribution in [0, 0.1) is 10.1 Å². The van der Waals surface area contributed by atoms with Crippen LogP contribution in [-0.2, 0) is 4.79 Å². The number of aromatic nitrogens is 1. The van der Waals surface area contributed by atoms with Crippen molar-refractivity contribution in [3.63, 3.8) is 0 Å². The number of rotatable bonds is 7. The van der Waals surface area contributed by atoms with Gasteiger partial charge in [-0.1, -0.05) is 81.4 Å². The van der Waals surface area contributed by atoms with Gasteiger partial charge in [-0.2, -0.15) is 0 Å². The van der Waals surface area contributed by atoms with Crippen LogP contribution in [0.2, 0.25) is 0 Å². The zero-order chi connectivity index (χ0) is 23.8. The summed E-state index contributed by atoms with van der Waals surface area (Å²) in [5, 5.41) is 15.5. The van der Waals surface area contributed by atoms with Crippen LogP contribution in [-0.4, -0.2) is 22.4 Å². The molecule has 1 atom stereocenters. The smallest absolute Gasteiger partial charge is 0.224 e. The van der Waals surface area contributed by atoms with E-state index in [1.807, 2.05) is 86.6 Å². The Morgan fingerprint density at radius 3 is 2.39 bits per heavy atom. The Hall–Kier alpha value is -3.93. The summed E-state index contributed by atoms with van der Waals surface area (Å²) in [6, 6.07) is 25.0. The molecule has 1 unspecified atom stereocenters. The zero-order valence-corrected chi connectivity index (χ0v) is 19.2. The second-order valence-electron chi connectivity index (χ2n) is 7.42. The Morgan fingerprint density at radius 1 is 1.00 bits per heavy atom. The SMILES string of the molecule is CC.CCC(=O)Nc1cccc(C(C[N+](=O)[O-])c2c(-c3ccccc3)[nH]c3ccccc23)c1. The third-order valence-corrected chi connectivity index (χ3v) is 5.38. The maximum absolute atomic E-state index is 11.9. The third kappa shape index (κ3) is 5.47. The number of anilines is 1. The molecule has 3 aromatic carbocycles. The van der Waals surface area contributed by atoms with E-state index in [1.54, 1.807) is 13.0 Å². The summed E-state index contributed by atoms with van der Waals surface area (Å²) in [5.41, 5.74) is 5.08. The third-order valence-electron chi connectivity index (χ3n) is 5.38. The molecular weight excluding hydrogens is 414 g/mol. The average Bonchev–Trinajstić information content (AvgIpc) is 3.24. The molecule has 0 fully saturated rings. The number of hydrogen-bond acceptors (Lipinski definition) is 3. The fourth-order valence-electron chi connectivity index (χ4n) is 3.95. The van der Waals surface area contributed by atoms with Crippen molar-refractivity contribution in [1.29, 1.82) is 0 Å². The van der Waals surface area contributed by atoms with E-state index in [1.165, 1.54) is 0 Å². The largest absolute Gasteiger partial charge is 0.354 e. The van der Waals surface area contributed by atoms with E-state index in [0.717, 1.165) is 33.3 Å². The van der Waals surface area contributed by atoms with Gasteiger partial charge in [-0.3, -0.25) is 14.9 Å². The highest BCUT2D eigenvalue weighted by atomic mass is 16.6. The summed E-state index contributed by atoms with van der Waals surface area (Å²) in [6.45, 7) is 5.53. The van der Waals surface area contributed by atoms with Crippen molar-refractivity contribution in [3.8, 4) is 11.3 Å². The van der Waals surface area contributed by atoms with Crippen LogP contribution in [0.3, 0.4) is 0 Å². The number of H-pyrrole nitrogens is 1. The quantitative estimate of drug-likeness (QED) is 0.248. The van der Waals surface area contributed by atoms with Crippen LogP contribution in [0.1, 0.15) is 44.2 Å². The van der Waals surface area contributed by atoms with E-state index in [-0.39, 0.29) is 17.4 Å². The van der Waals surface area contributed by atoms with E-state index in [4.69, 9.17) is 0 Å². The Morgan fingerprint density at radius 2 is 1.70 bits per heavy atom. The summed E-state index contributed by atoms with van der Waals surface area (Å²) in [4.78, 5) is 26.7. The number of carbonyl (C=O) groups is 1. The van der Waals surface area contributed by atoms with Gasteiger partial charge in [-0.05, 0) is 34.9 Å². The molecule has 0 radical (unpaired) electrons. The number of amides is 1. The second kappa shape index (κ2) is 11.1. The molecule has 4 aromatic rings. The highest BCUT2D eigenvalue weighted by molar-refractivity contribution is 5.92. The first-order chi connectivity index (χ1) is 16.1. The summed E-state index contributed by atoms with van der Waals surface area (Å²) in [7, 11) is 0. The molecule has 0 saturated carbocycles. The summed E-state index contributed by atoms with van der Waals surface area (Å²) in [5.74, 6) is -0.583.